The van der Waals surface area contributed by atoms with Crippen LogP contribution in [0.1, 0.15) is 28.5 Å². The van der Waals surface area contributed by atoms with Crippen LogP contribution in [0.3, 0.4) is 0 Å². The molecule has 1 aromatic heterocycles. The predicted molar refractivity (Wildman–Crippen MR) is 72.3 cm³/mol. The highest BCUT2D eigenvalue weighted by Crippen LogP contribution is 2.39. The zero-order valence-electron chi connectivity index (χ0n) is 11.8. The number of carbonyl (C=O) groups excluding carboxylic acids is 1. The molecule has 0 radical (unpaired) electrons. The van der Waals surface area contributed by atoms with Crippen LogP contribution in [-0.2, 0) is 23.9 Å². The quantitative estimate of drug-likeness (QED) is 0.799. The van der Waals surface area contributed by atoms with E-state index in [9.17, 15) is 18.0 Å². The van der Waals surface area contributed by atoms with E-state index in [1.165, 1.54) is 4.68 Å². The standard InChI is InChI=1S/C15H13F3N2O2/c1-2-22-14(21)11-12-10-6-4-3-5-9(10)7-8-20(12)19-13(11)15(16,17)18/h3-6H,2,7-8H2,1H3. The first kappa shape index (κ1) is 14.6. The van der Waals surface area contributed by atoms with Crippen molar-refractivity contribution in [2.75, 3.05) is 6.61 Å². The number of esters is 1. The van der Waals surface area contributed by atoms with Gasteiger partial charge in [-0.1, -0.05) is 24.3 Å². The van der Waals surface area contributed by atoms with Crippen molar-refractivity contribution in [3.63, 3.8) is 0 Å². The minimum absolute atomic E-state index is 0.00238. The molecule has 7 heteroatoms. The summed E-state index contributed by atoms with van der Waals surface area (Å²) in [5.41, 5.74) is 0.000698. The maximum Gasteiger partial charge on any atom is 0.436 e. The highest BCUT2D eigenvalue weighted by atomic mass is 19.4. The zero-order chi connectivity index (χ0) is 15.9. The number of fused-ring (bicyclic) bond motifs is 3. The number of hydrogen-bond acceptors (Lipinski definition) is 3. The van der Waals surface area contributed by atoms with E-state index in [1.807, 2.05) is 12.1 Å². The molecule has 0 saturated heterocycles. The van der Waals surface area contributed by atoms with E-state index in [-0.39, 0.29) is 12.3 Å². The normalized spacial score (nSPS) is 13.5. The summed E-state index contributed by atoms with van der Waals surface area (Å²) in [4.78, 5) is 12.1. The lowest BCUT2D eigenvalue weighted by molar-refractivity contribution is -0.142. The maximum absolute atomic E-state index is 13.2. The second-order valence-corrected chi connectivity index (χ2v) is 4.92. The molecule has 0 bridgehead atoms. The molecule has 0 unspecified atom stereocenters. The third kappa shape index (κ3) is 2.26. The Labute approximate surface area is 124 Å². The van der Waals surface area contributed by atoms with Crippen molar-refractivity contribution in [2.24, 2.45) is 0 Å². The molecule has 0 atom stereocenters. The number of hydrogen-bond donors (Lipinski definition) is 0. The largest absolute Gasteiger partial charge is 0.462 e. The SMILES string of the molecule is CCOC(=O)c1c(C(F)(F)F)nn2c1-c1ccccc1CC2. The molecule has 0 amide bonds. The Morgan fingerprint density at radius 1 is 1.36 bits per heavy atom. The number of benzene rings is 1. The summed E-state index contributed by atoms with van der Waals surface area (Å²) in [7, 11) is 0. The van der Waals surface area contributed by atoms with Gasteiger partial charge in [-0.25, -0.2) is 4.79 Å². The van der Waals surface area contributed by atoms with Gasteiger partial charge in [-0.05, 0) is 18.9 Å². The molecule has 0 fully saturated rings. The number of rotatable bonds is 2. The van der Waals surface area contributed by atoms with Crippen LogP contribution in [0.15, 0.2) is 24.3 Å². The molecular weight excluding hydrogens is 297 g/mol. The fourth-order valence-corrected chi connectivity index (χ4v) is 2.69. The molecule has 0 N–H and O–H groups in total. The first-order valence-electron chi connectivity index (χ1n) is 6.87. The smallest absolute Gasteiger partial charge is 0.436 e. The minimum atomic E-state index is -4.71. The van der Waals surface area contributed by atoms with E-state index in [0.717, 1.165) is 5.56 Å². The fraction of sp³-hybridized carbons (Fsp3) is 0.333. The first-order chi connectivity index (χ1) is 10.4. The lowest BCUT2D eigenvalue weighted by atomic mass is 9.95. The highest BCUT2D eigenvalue weighted by molar-refractivity contribution is 5.98. The maximum atomic E-state index is 13.2. The van der Waals surface area contributed by atoms with E-state index in [1.54, 1.807) is 19.1 Å². The number of ether oxygens (including phenoxy) is 1. The molecule has 1 aliphatic heterocycles. The lowest BCUT2D eigenvalue weighted by Crippen LogP contribution is -2.15. The van der Waals surface area contributed by atoms with Gasteiger partial charge in [0.2, 0.25) is 0 Å². The molecule has 22 heavy (non-hydrogen) atoms. The van der Waals surface area contributed by atoms with Crippen LogP contribution in [0.5, 0.6) is 0 Å². The Balaban J connectivity index is 2.27. The van der Waals surface area contributed by atoms with Gasteiger partial charge in [0, 0.05) is 12.1 Å². The molecule has 3 rings (SSSR count). The monoisotopic (exact) mass is 310 g/mol. The Bertz CT molecular complexity index is 735. The highest BCUT2D eigenvalue weighted by Gasteiger charge is 2.43. The third-order valence-electron chi connectivity index (χ3n) is 3.57. The average molecular weight is 310 g/mol. The van der Waals surface area contributed by atoms with Gasteiger partial charge in [-0.15, -0.1) is 0 Å². The van der Waals surface area contributed by atoms with Crippen molar-refractivity contribution >= 4 is 5.97 Å². The number of carbonyl (C=O) groups is 1. The summed E-state index contributed by atoms with van der Waals surface area (Å²) in [6, 6.07) is 7.09. The topological polar surface area (TPSA) is 44.1 Å². The summed E-state index contributed by atoms with van der Waals surface area (Å²) in [6.07, 6.45) is -4.13. The third-order valence-corrected chi connectivity index (χ3v) is 3.57. The summed E-state index contributed by atoms with van der Waals surface area (Å²) >= 11 is 0. The summed E-state index contributed by atoms with van der Waals surface area (Å²) in [5.74, 6) is -0.993. The van der Waals surface area contributed by atoms with Gasteiger partial charge in [-0.3, -0.25) is 4.68 Å². The predicted octanol–water partition coefficient (Wildman–Crippen LogP) is 3.30. The minimum Gasteiger partial charge on any atom is -0.462 e. The summed E-state index contributed by atoms with van der Waals surface area (Å²) in [6.45, 7) is 1.85. The van der Waals surface area contributed by atoms with Crippen LogP contribution < -0.4 is 0 Å². The number of aryl methyl sites for hydroxylation is 2. The number of halogens is 3. The number of alkyl halides is 3. The number of nitrogens with zero attached hydrogens (tertiary/aromatic N) is 2. The van der Waals surface area contributed by atoms with Crippen LogP contribution in [0.25, 0.3) is 11.3 Å². The van der Waals surface area contributed by atoms with Gasteiger partial charge in [0.05, 0.1) is 12.3 Å². The van der Waals surface area contributed by atoms with E-state index < -0.39 is 23.4 Å². The van der Waals surface area contributed by atoms with Crippen LogP contribution in [0.4, 0.5) is 13.2 Å². The fourth-order valence-electron chi connectivity index (χ4n) is 2.69. The second-order valence-electron chi connectivity index (χ2n) is 4.92. The van der Waals surface area contributed by atoms with Crippen LogP contribution in [-0.4, -0.2) is 22.4 Å². The Hall–Kier alpha value is -2.31. The molecule has 1 aliphatic rings. The molecule has 2 heterocycles. The van der Waals surface area contributed by atoms with Crippen molar-refractivity contribution in [1.29, 1.82) is 0 Å². The molecule has 1 aromatic carbocycles. The van der Waals surface area contributed by atoms with Crippen molar-refractivity contribution < 1.29 is 22.7 Å². The second kappa shape index (κ2) is 5.15. The Morgan fingerprint density at radius 2 is 2.09 bits per heavy atom. The van der Waals surface area contributed by atoms with Crippen molar-refractivity contribution in [3.8, 4) is 11.3 Å². The molecule has 0 saturated carbocycles. The zero-order valence-corrected chi connectivity index (χ0v) is 11.8. The molecule has 4 nitrogen and oxygen atoms in total. The van der Waals surface area contributed by atoms with Crippen LogP contribution in [0, 0.1) is 0 Å². The summed E-state index contributed by atoms with van der Waals surface area (Å²) < 4.78 is 45.7. The number of aromatic nitrogens is 2. The van der Waals surface area contributed by atoms with Crippen molar-refractivity contribution in [1.82, 2.24) is 9.78 Å². The Kier molecular flexibility index (Phi) is 3.42. The van der Waals surface area contributed by atoms with Gasteiger partial charge in [0.15, 0.2) is 5.69 Å². The van der Waals surface area contributed by atoms with Gasteiger partial charge >= 0.3 is 12.1 Å². The molecule has 2 aromatic rings. The van der Waals surface area contributed by atoms with Gasteiger partial charge < -0.3 is 4.74 Å². The van der Waals surface area contributed by atoms with Crippen molar-refractivity contribution in [3.05, 3.63) is 41.1 Å². The summed E-state index contributed by atoms with van der Waals surface area (Å²) in [5, 5.41) is 3.62. The average Bonchev–Trinajstić information content (AvgIpc) is 2.87. The van der Waals surface area contributed by atoms with E-state index in [2.05, 4.69) is 5.10 Å². The molecule has 116 valence electrons. The molecule has 0 spiro atoms. The first-order valence-corrected chi connectivity index (χ1v) is 6.87. The van der Waals surface area contributed by atoms with Gasteiger partial charge in [-0.2, -0.15) is 18.3 Å². The van der Waals surface area contributed by atoms with E-state index >= 15 is 0 Å². The van der Waals surface area contributed by atoms with Crippen molar-refractivity contribution in [2.45, 2.75) is 26.1 Å². The van der Waals surface area contributed by atoms with E-state index in [4.69, 9.17) is 4.74 Å². The van der Waals surface area contributed by atoms with Crippen LogP contribution in [0.2, 0.25) is 0 Å². The van der Waals surface area contributed by atoms with Crippen LogP contribution >= 0.6 is 0 Å². The van der Waals surface area contributed by atoms with E-state index in [0.29, 0.717) is 18.5 Å². The van der Waals surface area contributed by atoms with Gasteiger partial charge in [0.25, 0.3) is 0 Å². The molecular formula is C15H13F3N2O2. The Morgan fingerprint density at radius 3 is 2.77 bits per heavy atom. The lowest BCUT2D eigenvalue weighted by Gasteiger charge is -2.18. The molecule has 0 aliphatic carbocycles. The van der Waals surface area contributed by atoms with Gasteiger partial charge in [0.1, 0.15) is 5.56 Å².